The zero-order valence-corrected chi connectivity index (χ0v) is 14.7. The van der Waals surface area contributed by atoms with E-state index in [1.807, 2.05) is 25.2 Å². The molecule has 0 unspecified atom stereocenters. The zero-order chi connectivity index (χ0) is 17.2. The summed E-state index contributed by atoms with van der Waals surface area (Å²) in [5.41, 5.74) is 1.36. The van der Waals surface area contributed by atoms with Crippen molar-refractivity contribution < 1.29 is 14.6 Å². The summed E-state index contributed by atoms with van der Waals surface area (Å²) >= 11 is 0. The van der Waals surface area contributed by atoms with Crippen LogP contribution in [0.4, 0.5) is 0 Å². The molecule has 1 aromatic heterocycles. The average Bonchev–Trinajstić information content (AvgIpc) is 3.01. The van der Waals surface area contributed by atoms with Crippen molar-refractivity contribution >= 4 is 0 Å². The number of hydrogen-bond donors (Lipinski definition) is 1. The number of aryl methyl sites for hydroxylation is 1. The summed E-state index contributed by atoms with van der Waals surface area (Å²) < 4.78 is 12.7. The van der Waals surface area contributed by atoms with Crippen LogP contribution in [-0.2, 0) is 19.2 Å². The molecule has 130 valence electrons. The highest BCUT2D eigenvalue weighted by molar-refractivity contribution is 5.41. The first kappa shape index (κ1) is 16.9. The molecule has 1 fully saturated rings. The van der Waals surface area contributed by atoms with E-state index in [1.165, 1.54) is 5.56 Å². The molecule has 3 rings (SSSR count). The van der Waals surface area contributed by atoms with E-state index in [1.54, 1.807) is 14.2 Å². The van der Waals surface area contributed by atoms with Crippen LogP contribution in [0.5, 0.6) is 11.5 Å². The fourth-order valence-electron chi connectivity index (χ4n) is 3.36. The van der Waals surface area contributed by atoms with E-state index >= 15 is 0 Å². The van der Waals surface area contributed by atoms with E-state index in [0.29, 0.717) is 24.3 Å². The van der Waals surface area contributed by atoms with Gasteiger partial charge in [-0.1, -0.05) is 0 Å². The Hall–Kier alpha value is -1.98. The van der Waals surface area contributed by atoms with Crippen LogP contribution in [0.3, 0.4) is 0 Å². The number of aromatic nitrogens is 1. The summed E-state index contributed by atoms with van der Waals surface area (Å²) in [7, 11) is 5.30. The van der Waals surface area contributed by atoms with Crippen molar-refractivity contribution in [1.29, 1.82) is 0 Å². The number of hydrogen-bond acceptors (Lipinski definition) is 4. The Bertz CT molecular complexity index is 665. The van der Waals surface area contributed by atoms with Gasteiger partial charge in [0.25, 0.3) is 0 Å². The highest BCUT2D eigenvalue weighted by Gasteiger charge is 2.34. The van der Waals surface area contributed by atoms with Gasteiger partial charge in [0.05, 0.1) is 19.8 Å². The van der Waals surface area contributed by atoms with Gasteiger partial charge < -0.3 is 19.1 Å². The third-order valence-electron chi connectivity index (χ3n) is 4.87. The van der Waals surface area contributed by atoms with E-state index < -0.39 is 5.60 Å². The Labute approximate surface area is 143 Å². The lowest BCUT2D eigenvalue weighted by Crippen LogP contribution is -2.42. The number of piperidine rings is 1. The molecule has 0 atom stereocenters. The topological polar surface area (TPSA) is 46.9 Å². The lowest BCUT2D eigenvalue weighted by atomic mass is 9.84. The van der Waals surface area contributed by atoms with Crippen molar-refractivity contribution in [3.63, 3.8) is 0 Å². The summed E-state index contributed by atoms with van der Waals surface area (Å²) in [6.07, 6.45) is 5.62. The predicted molar refractivity (Wildman–Crippen MR) is 93.4 cm³/mol. The van der Waals surface area contributed by atoms with Gasteiger partial charge in [-0.15, -0.1) is 0 Å². The fourth-order valence-corrected chi connectivity index (χ4v) is 3.36. The van der Waals surface area contributed by atoms with E-state index in [0.717, 1.165) is 25.2 Å². The van der Waals surface area contributed by atoms with Crippen LogP contribution in [0.2, 0.25) is 0 Å². The summed E-state index contributed by atoms with van der Waals surface area (Å²) in [5, 5.41) is 11.1. The number of nitrogens with zero attached hydrogens (tertiary/aromatic N) is 2. The second-order valence-corrected chi connectivity index (χ2v) is 6.59. The standard InChI is InChI=1S/C19H26N2O3/c1-20-7-4-15(13-20)14-21-8-5-19(22,6-9-21)16-10-17(23-2)12-18(11-16)24-3/h4,7,10-13,22H,5-6,8-9,14H2,1-3H3. The van der Waals surface area contributed by atoms with Crippen LogP contribution in [0.15, 0.2) is 36.7 Å². The lowest BCUT2D eigenvalue weighted by molar-refractivity contribution is -0.0279. The number of likely N-dealkylation sites (tertiary alicyclic amines) is 1. The molecule has 0 spiro atoms. The molecule has 2 heterocycles. The van der Waals surface area contributed by atoms with Gasteiger partial charge in [-0.2, -0.15) is 0 Å². The molecule has 2 aromatic rings. The first-order valence-electron chi connectivity index (χ1n) is 8.31. The molecule has 1 aromatic carbocycles. The predicted octanol–water partition coefficient (Wildman–Crippen LogP) is 2.53. The minimum absolute atomic E-state index is 0.705. The summed E-state index contributed by atoms with van der Waals surface area (Å²) in [4.78, 5) is 2.39. The lowest BCUT2D eigenvalue weighted by Gasteiger charge is -2.38. The van der Waals surface area contributed by atoms with Gasteiger partial charge >= 0.3 is 0 Å². The van der Waals surface area contributed by atoms with E-state index in [-0.39, 0.29) is 0 Å². The zero-order valence-electron chi connectivity index (χ0n) is 14.7. The second-order valence-electron chi connectivity index (χ2n) is 6.59. The van der Waals surface area contributed by atoms with Gasteiger partial charge in [0, 0.05) is 45.1 Å². The molecule has 0 aliphatic carbocycles. The molecule has 5 nitrogen and oxygen atoms in total. The van der Waals surface area contributed by atoms with Gasteiger partial charge in [0.2, 0.25) is 0 Å². The molecule has 1 saturated heterocycles. The molecular formula is C19H26N2O3. The molecule has 0 bridgehead atoms. The summed E-state index contributed by atoms with van der Waals surface area (Å²) in [6.45, 7) is 2.66. The number of ether oxygens (including phenoxy) is 2. The van der Waals surface area contributed by atoms with E-state index in [2.05, 4.69) is 27.9 Å². The monoisotopic (exact) mass is 330 g/mol. The molecule has 1 aliphatic rings. The Morgan fingerprint density at radius 2 is 1.71 bits per heavy atom. The molecule has 0 saturated carbocycles. The third kappa shape index (κ3) is 3.57. The molecule has 0 radical (unpaired) electrons. The van der Waals surface area contributed by atoms with Crippen molar-refractivity contribution in [1.82, 2.24) is 9.47 Å². The minimum Gasteiger partial charge on any atom is -0.497 e. The van der Waals surface area contributed by atoms with Crippen LogP contribution in [0.1, 0.15) is 24.0 Å². The van der Waals surface area contributed by atoms with Crippen LogP contribution in [0.25, 0.3) is 0 Å². The first-order valence-corrected chi connectivity index (χ1v) is 8.31. The summed E-state index contributed by atoms with van der Waals surface area (Å²) in [6, 6.07) is 7.80. The molecule has 1 aliphatic heterocycles. The van der Waals surface area contributed by atoms with Crippen molar-refractivity contribution in [2.24, 2.45) is 7.05 Å². The van der Waals surface area contributed by atoms with Crippen LogP contribution >= 0.6 is 0 Å². The molecule has 24 heavy (non-hydrogen) atoms. The maximum absolute atomic E-state index is 11.1. The van der Waals surface area contributed by atoms with Crippen molar-refractivity contribution in [3.05, 3.63) is 47.8 Å². The number of benzene rings is 1. The maximum atomic E-state index is 11.1. The van der Waals surface area contributed by atoms with E-state index in [9.17, 15) is 5.11 Å². The smallest absolute Gasteiger partial charge is 0.122 e. The first-order chi connectivity index (χ1) is 11.5. The van der Waals surface area contributed by atoms with E-state index in [4.69, 9.17) is 9.47 Å². The quantitative estimate of drug-likeness (QED) is 0.915. The fraction of sp³-hybridized carbons (Fsp3) is 0.474. The van der Waals surface area contributed by atoms with Crippen LogP contribution in [0, 0.1) is 0 Å². The van der Waals surface area contributed by atoms with Crippen LogP contribution in [-0.4, -0.2) is 41.9 Å². The minimum atomic E-state index is -0.824. The maximum Gasteiger partial charge on any atom is 0.122 e. The number of methoxy groups -OCH3 is 2. The summed E-state index contributed by atoms with van der Waals surface area (Å²) in [5.74, 6) is 1.42. The number of aliphatic hydroxyl groups is 1. The van der Waals surface area contributed by atoms with Gasteiger partial charge in [-0.25, -0.2) is 0 Å². The Morgan fingerprint density at radius 3 is 2.21 bits per heavy atom. The average molecular weight is 330 g/mol. The molecule has 0 amide bonds. The SMILES string of the molecule is COc1cc(OC)cc(C2(O)CCN(Cc3ccn(C)c3)CC2)c1. The Morgan fingerprint density at radius 1 is 1.08 bits per heavy atom. The number of rotatable bonds is 5. The third-order valence-corrected chi connectivity index (χ3v) is 4.87. The molecule has 1 N–H and O–H groups in total. The molecule has 5 heteroatoms. The second kappa shape index (κ2) is 6.87. The van der Waals surface area contributed by atoms with Gasteiger partial charge in [0.1, 0.15) is 11.5 Å². The van der Waals surface area contributed by atoms with Crippen molar-refractivity contribution in [3.8, 4) is 11.5 Å². The highest BCUT2D eigenvalue weighted by atomic mass is 16.5. The molecular weight excluding hydrogens is 304 g/mol. The normalized spacial score (nSPS) is 17.7. The van der Waals surface area contributed by atoms with Crippen molar-refractivity contribution in [2.75, 3.05) is 27.3 Å². The largest absolute Gasteiger partial charge is 0.497 e. The van der Waals surface area contributed by atoms with Crippen molar-refractivity contribution in [2.45, 2.75) is 25.0 Å². The van der Waals surface area contributed by atoms with Crippen LogP contribution < -0.4 is 9.47 Å². The van der Waals surface area contributed by atoms with Gasteiger partial charge in [-0.05, 0) is 42.2 Å². The Balaban J connectivity index is 1.70. The highest BCUT2D eigenvalue weighted by Crippen LogP contribution is 2.37. The Kier molecular flexibility index (Phi) is 4.83. The van der Waals surface area contributed by atoms with Gasteiger partial charge in [0.15, 0.2) is 0 Å². The van der Waals surface area contributed by atoms with Gasteiger partial charge in [-0.3, -0.25) is 4.90 Å².